The van der Waals surface area contributed by atoms with Crippen LogP contribution in [0.25, 0.3) is 0 Å². The first kappa shape index (κ1) is 22.0. The number of sulfone groups is 1. The van der Waals surface area contributed by atoms with E-state index in [2.05, 4.69) is 10.6 Å². The number of hydrogen-bond acceptors (Lipinski definition) is 5. The van der Waals surface area contributed by atoms with Crippen LogP contribution in [0.3, 0.4) is 0 Å². The lowest BCUT2D eigenvalue weighted by Crippen LogP contribution is -2.57. The third-order valence-electron chi connectivity index (χ3n) is 5.37. The van der Waals surface area contributed by atoms with Crippen LogP contribution in [0.15, 0.2) is 18.2 Å². The van der Waals surface area contributed by atoms with Gasteiger partial charge in [-0.2, -0.15) is 0 Å². The first-order chi connectivity index (χ1) is 12.3. The summed E-state index contributed by atoms with van der Waals surface area (Å²) in [6.07, 6.45) is 4.19. The van der Waals surface area contributed by atoms with Crippen molar-refractivity contribution in [2.75, 3.05) is 26.0 Å². The Labute approximate surface area is 167 Å². The molecule has 0 radical (unpaired) electrons. The van der Waals surface area contributed by atoms with E-state index in [0.717, 1.165) is 23.1 Å². The van der Waals surface area contributed by atoms with E-state index in [-0.39, 0.29) is 19.0 Å². The van der Waals surface area contributed by atoms with Gasteiger partial charge in [-0.15, -0.1) is 12.4 Å². The Morgan fingerprint density at radius 1 is 1.30 bits per heavy atom. The summed E-state index contributed by atoms with van der Waals surface area (Å²) in [6, 6.07) is 5.89. The molecular weight excluding hydrogens is 388 g/mol. The van der Waals surface area contributed by atoms with Crippen LogP contribution in [0.5, 0.6) is 5.75 Å². The summed E-state index contributed by atoms with van der Waals surface area (Å²) in [5.41, 5.74) is 1.97. The predicted molar refractivity (Wildman–Crippen MR) is 108 cm³/mol. The van der Waals surface area contributed by atoms with Crippen molar-refractivity contribution in [2.45, 2.75) is 43.9 Å². The van der Waals surface area contributed by atoms with Gasteiger partial charge in [0.2, 0.25) is 5.91 Å². The first-order valence-corrected chi connectivity index (χ1v) is 11.1. The number of rotatable bonds is 7. The molecular formula is C19H29ClN2O4S. The van der Waals surface area contributed by atoms with Crippen LogP contribution in [-0.4, -0.2) is 45.0 Å². The average molecular weight is 417 g/mol. The molecule has 0 aromatic heterocycles. The highest BCUT2D eigenvalue weighted by atomic mass is 35.5. The average Bonchev–Trinajstić information content (AvgIpc) is 3.43. The number of ether oxygens (including phenoxy) is 1. The van der Waals surface area contributed by atoms with Gasteiger partial charge in [-0.3, -0.25) is 4.79 Å². The molecule has 2 N–H and O–H groups in total. The lowest BCUT2D eigenvalue weighted by molar-refractivity contribution is -0.124. The van der Waals surface area contributed by atoms with Crippen molar-refractivity contribution >= 4 is 28.2 Å². The van der Waals surface area contributed by atoms with E-state index in [1.54, 1.807) is 0 Å². The van der Waals surface area contributed by atoms with Gasteiger partial charge in [-0.25, -0.2) is 8.42 Å². The minimum absolute atomic E-state index is 0. The first-order valence-electron chi connectivity index (χ1n) is 9.23. The number of carbonyl (C=O) groups excluding carboxylic acids is 1. The zero-order valence-electron chi connectivity index (χ0n) is 15.9. The number of carbonyl (C=O) groups is 1. The monoisotopic (exact) mass is 416 g/mol. The number of hydrogen-bond donors (Lipinski definition) is 2. The highest BCUT2D eigenvalue weighted by Gasteiger charge is 2.48. The van der Waals surface area contributed by atoms with Gasteiger partial charge in [0.1, 0.15) is 5.75 Å². The molecule has 1 aromatic carbocycles. The minimum atomic E-state index is -3.50. The summed E-state index contributed by atoms with van der Waals surface area (Å²) < 4.78 is 29.3. The van der Waals surface area contributed by atoms with Gasteiger partial charge in [0.05, 0.1) is 6.61 Å². The molecule has 1 aliphatic heterocycles. The molecule has 0 unspecified atom stereocenters. The molecule has 27 heavy (non-hydrogen) atoms. The van der Waals surface area contributed by atoms with Crippen molar-refractivity contribution in [3.05, 3.63) is 29.3 Å². The summed E-state index contributed by atoms with van der Waals surface area (Å²) >= 11 is 0. The summed E-state index contributed by atoms with van der Waals surface area (Å²) in [4.78, 5) is 12.8. The quantitative estimate of drug-likeness (QED) is 0.710. The second-order valence-electron chi connectivity index (χ2n) is 7.56. The molecule has 0 bridgehead atoms. The summed E-state index contributed by atoms with van der Waals surface area (Å²) in [6.45, 7) is 4.02. The zero-order valence-corrected chi connectivity index (χ0v) is 17.5. The molecule has 1 saturated carbocycles. The molecule has 8 heteroatoms. The molecule has 0 spiro atoms. The Balaban J connectivity index is 0.00000261. The van der Waals surface area contributed by atoms with Gasteiger partial charge in [0.15, 0.2) is 14.6 Å². The van der Waals surface area contributed by atoms with Gasteiger partial charge in [-0.05, 0) is 63.2 Å². The number of amides is 1. The van der Waals surface area contributed by atoms with Gasteiger partial charge in [-0.1, -0.05) is 12.1 Å². The van der Waals surface area contributed by atoms with Crippen LogP contribution in [0.4, 0.5) is 0 Å². The maximum atomic E-state index is 12.8. The van der Waals surface area contributed by atoms with Crippen molar-refractivity contribution in [3.63, 3.8) is 0 Å². The minimum Gasteiger partial charge on any atom is -0.493 e. The molecule has 6 nitrogen and oxygen atoms in total. The van der Waals surface area contributed by atoms with Gasteiger partial charge in [0.25, 0.3) is 0 Å². The molecule has 1 heterocycles. The Kier molecular flexibility index (Phi) is 7.16. The maximum Gasteiger partial charge on any atom is 0.241 e. The summed E-state index contributed by atoms with van der Waals surface area (Å²) in [5.74, 6) is 1.01. The maximum absolute atomic E-state index is 12.8. The molecule has 1 saturated heterocycles. The molecule has 1 aliphatic carbocycles. The molecule has 1 amide bonds. The Hall–Kier alpha value is -1.31. The number of aryl methyl sites for hydroxylation is 1. The molecule has 0 atom stereocenters. The zero-order chi connectivity index (χ0) is 18.8. The molecule has 3 rings (SSSR count). The number of nitrogens with one attached hydrogen (secondary N) is 2. The molecule has 152 valence electrons. The van der Waals surface area contributed by atoms with Crippen molar-refractivity contribution in [1.82, 2.24) is 10.6 Å². The summed E-state index contributed by atoms with van der Waals surface area (Å²) in [7, 11) is -3.50. The Morgan fingerprint density at radius 3 is 2.56 bits per heavy atom. The van der Waals surface area contributed by atoms with Crippen molar-refractivity contribution in [1.29, 1.82) is 0 Å². The third kappa shape index (κ3) is 5.15. The van der Waals surface area contributed by atoms with E-state index in [0.29, 0.717) is 38.5 Å². The fourth-order valence-corrected chi connectivity index (χ4v) is 4.72. The van der Waals surface area contributed by atoms with Crippen molar-refractivity contribution < 1.29 is 17.9 Å². The lowest BCUT2D eigenvalue weighted by Gasteiger charge is -2.34. The summed E-state index contributed by atoms with van der Waals surface area (Å²) in [5, 5.41) is 5.98. The Bertz CT molecular complexity index is 772. The standard InChI is InChI=1S/C19H28N2O4S.ClH/c1-14-3-6-16(17(11-14)25-13-15-4-5-15)12-21-18(22)19(26(2,23)24)7-9-20-10-8-19;/h3,6,11,15,20H,4-5,7-10,12-13H2,1-2H3,(H,21,22);1H. The highest BCUT2D eigenvalue weighted by Crippen LogP contribution is 2.31. The second kappa shape index (κ2) is 8.80. The van der Waals surface area contributed by atoms with Crippen molar-refractivity contribution in [2.24, 2.45) is 5.92 Å². The van der Waals surface area contributed by atoms with Crippen LogP contribution in [0.2, 0.25) is 0 Å². The number of piperidine rings is 1. The topological polar surface area (TPSA) is 84.5 Å². The molecule has 2 fully saturated rings. The molecule has 1 aromatic rings. The SMILES string of the molecule is Cc1ccc(CNC(=O)C2(S(C)(=O)=O)CCNCC2)c(OCC2CC2)c1.Cl. The number of benzene rings is 1. The van der Waals surface area contributed by atoms with Crippen molar-refractivity contribution in [3.8, 4) is 5.75 Å². The second-order valence-corrected chi connectivity index (χ2v) is 9.89. The normalized spacial score (nSPS) is 19.0. The Morgan fingerprint density at radius 2 is 1.96 bits per heavy atom. The predicted octanol–water partition coefficient (Wildman–Crippen LogP) is 1.99. The van der Waals surface area contributed by atoms with E-state index in [9.17, 15) is 13.2 Å². The third-order valence-corrected chi connectivity index (χ3v) is 7.38. The van der Waals surface area contributed by atoms with E-state index >= 15 is 0 Å². The smallest absolute Gasteiger partial charge is 0.241 e. The van der Waals surface area contributed by atoms with Crippen LogP contribution in [-0.2, 0) is 21.2 Å². The largest absolute Gasteiger partial charge is 0.493 e. The van der Waals surface area contributed by atoms with E-state index in [1.807, 2.05) is 25.1 Å². The highest BCUT2D eigenvalue weighted by molar-refractivity contribution is 7.92. The van der Waals surface area contributed by atoms with E-state index in [1.165, 1.54) is 12.8 Å². The van der Waals surface area contributed by atoms with E-state index < -0.39 is 20.5 Å². The number of halogens is 1. The van der Waals surface area contributed by atoms with Gasteiger partial charge >= 0.3 is 0 Å². The van der Waals surface area contributed by atoms with Crippen LogP contribution < -0.4 is 15.4 Å². The van der Waals surface area contributed by atoms with Crippen LogP contribution in [0, 0.1) is 12.8 Å². The fraction of sp³-hybridized carbons (Fsp3) is 0.632. The lowest BCUT2D eigenvalue weighted by atomic mass is 9.95. The fourth-order valence-electron chi connectivity index (χ4n) is 3.37. The van der Waals surface area contributed by atoms with Crippen LogP contribution in [0.1, 0.15) is 36.8 Å². The van der Waals surface area contributed by atoms with Gasteiger partial charge in [0, 0.05) is 18.4 Å². The van der Waals surface area contributed by atoms with E-state index in [4.69, 9.17) is 4.74 Å². The molecule has 2 aliphatic rings. The van der Waals surface area contributed by atoms with Gasteiger partial charge < -0.3 is 15.4 Å². The van der Waals surface area contributed by atoms with Crippen LogP contribution >= 0.6 is 12.4 Å².